The second-order valence-electron chi connectivity index (χ2n) is 12.0. The number of para-hydroxylation sites is 1. The number of nitrogens with zero attached hydrogens (tertiary/aromatic N) is 1. The van der Waals surface area contributed by atoms with Gasteiger partial charge in [0.15, 0.2) is 0 Å². The summed E-state index contributed by atoms with van der Waals surface area (Å²) in [6.45, 7) is 7.75. The molecular formula is C30H42N2O3. The van der Waals surface area contributed by atoms with Crippen LogP contribution in [-0.4, -0.2) is 45.9 Å². The van der Waals surface area contributed by atoms with E-state index in [2.05, 4.69) is 38.2 Å². The van der Waals surface area contributed by atoms with Crippen LogP contribution in [0.1, 0.15) is 72.1 Å². The van der Waals surface area contributed by atoms with E-state index in [1.54, 1.807) is 0 Å². The van der Waals surface area contributed by atoms with Gasteiger partial charge in [0.05, 0.1) is 18.2 Å². The van der Waals surface area contributed by atoms with Crippen LogP contribution < -0.4 is 5.32 Å². The van der Waals surface area contributed by atoms with Gasteiger partial charge in [-0.25, -0.2) is 4.79 Å². The molecule has 1 aromatic rings. The Morgan fingerprint density at radius 1 is 1.06 bits per heavy atom. The van der Waals surface area contributed by atoms with Crippen LogP contribution in [0.15, 0.2) is 53.6 Å². The lowest BCUT2D eigenvalue weighted by molar-refractivity contribution is -0.0958. The SMILES string of the molecule is CCCN(C[C@]1(O)CC[C@H]2C3=CC=C4C[C@@H](O)CC[C@]4(C)[C@H]3CC[C@@]21C)C(=O)Nc1ccccc1. The van der Waals surface area contributed by atoms with Crippen LogP contribution >= 0.6 is 0 Å². The van der Waals surface area contributed by atoms with Gasteiger partial charge in [0.2, 0.25) is 0 Å². The molecule has 0 aliphatic heterocycles. The van der Waals surface area contributed by atoms with E-state index in [4.69, 9.17) is 0 Å². The maximum atomic E-state index is 13.2. The number of fused-ring (bicyclic) bond motifs is 5. The van der Waals surface area contributed by atoms with Crippen molar-refractivity contribution in [1.82, 2.24) is 4.90 Å². The Morgan fingerprint density at radius 2 is 1.80 bits per heavy atom. The van der Waals surface area contributed by atoms with Gasteiger partial charge in [-0.3, -0.25) is 0 Å². The van der Waals surface area contributed by atoms with Crippen LogP contribution in [-0.2, 0) is 0 Å². The number of urea groups is 1. The molecule has 6 atom stereocenters. The Labute approximate surface area is 210 Å². The summed E-state index contributed by atoms with van der Waals surface area (Å²) in [6, 6.07) is 9.43. The summed E-state index contributed by atoms with van der Waals surface area (Å²) in [5.41, 5.74) is 2.68. The van der Waals surface area contributed by atoms with Crippen molar-refractivity contribution < 1.29 is 15.0 Å². The highest BCUT2D eigenvalue weighted by Gasteiger charge is 2.62. The van der Waals surface area contributed by atoms with E-state index < -0.39 is 5.60 Å². The van der Waals surface area contributed by atoms with E-state index in [0.29, 0.717) is 24.9 Å². The Kier molecular flexibility index (Phi) is 6.38. The number of amides is 2. The molecule has 0 saturated heterocycles. The number of carbonyl (C=O) groups excluding carboxylic acids is 1. The molecule has 5 heteroatoms. The zero-order chi connectivity index (χ0) is 24.8. The summed E-state index contributed by atoms with van der Waals surface area (Å²) in [4.78, 5) is 15.0. The van der Waals surface area contributed by atoms with Gasteiger partial charge in [0.1, 0.15) is 0 Å². The third-order valence-corrected chi connectivity index (χ3v) is 10.1. The van der Waals surface area contributed by atoms with E-state index in [1.165, 1.54) is 11.1 Å². The van der Waals surface area contributed by atoms with E-state index >= 15 is 0 Å². The zero-order valence-electron chi connectivity index (χ0n) is 21.6. The number of benzene rings is 1. The summed E-state index contributed by atoms with van der Waals surface area (Å²) in [6.07, 6.45) is 11.7. The van der Waals surface area contributed by atoms with Crippen LogP contribution in [0.4, 0.5) is 10.5 Å². The molecule has 35 heavy (non-hydrogen) atoms. The Hall–Kier alpha value is -2.11. The minimum atomic E-state index is -0.902. The number of aliphatic hydroxyl groups excluding tert-OH is 1. The Morgan fingerprint density at radius 3 is 2.54 bits per heavy atom. The molecule has 0 unspecified atom stereocenters. The average molecular weight is 479 g/mol. The summed E-state index contributed by atoms with van der Waals surface area (Å²) >= 11 is 0. The molecule has 0 bridgehead atoms. The van der Waals surface area contributed by atoms with Crippen LogP contribution in [0.3, 0.4) is 0 Å². The lowest BCUT2D eigenvalue weighted by Gasteiger charge is -2.56. The Balaban J connectivity index is 1.38. The minimum absolute atomic E-state index is 0.134. The molecule has 3 N–H and O–H groups in total. The molecule has 0 aromatic heterocycles. The fourth-order valence-electron chi connectivity index (χ4n) is 7.92. The number of carbonyl (C=O) groups is 1. The van der Waals surface area contributed by atoms with Gasteiger partial charge in [0, 0.05) is 17.6 Å². The van der Waals surface area contributed by atoms with E-state index in [-0.39, 0.29) is 23.0 Å². The van der Waals surface area contributed by atoms with Gasteiger partial charge in [0.25, 0.3) is 0 Å². The minimum Gasteiger partial charge on any atom is -0.393 e. The number of hydrogen-bond acceptors (Lipinski definition) is 3. The van der Waals surface area contributed by atoms with Crippen molar-refractivity contribution in [2.45, 2.75) is 83.8 Å². The second-order valence-corrected chi connectivity index (χ2v) is 12.0. The highest BCUT2D eigenvalue weighted by Crippen LogP contribution is 2.66. The molecule has 2 amide bonds. The third kappa shape index (κ3) is 4.05. The second kappa shape index (κ2) is 9.08. The molecule has 0 radical (unpaired) electrons. The van der Waals surface area contributed by atoms with Crippen molar-refractivity contribution in [2.24, 2.45) is 22.7 Å². The van der Waals surface area contributed by atoms with Gasteiger partial charge in [-0.1, -0.05) is 62.3 Å². The number of hydrogen-bond donors (Lipinski definition) is 3. The summed E-state index contributed by atoms with van der Waals surface area (Å²) in [5, 5.41) is 25.5. The van der Waals surface area contributed by atoms with Gasteiger partial charge in [-0.2, -0.15) is 0 Å². The van der Waals surface area contributed by atoms with Crippen molar-refractivity contribution in [3.8, 4) is 0 Å². The molecule has 1 aromatic carbocycles. The van der Waals surface area contributed by atoms with Gasteiger partial charge >= 0.3 is 6.03 Å². The molecule has 3 fully saturated rings. The first-order valence-corrected chi connectivity index (χ1v) is 13.6. The average Bonchev–Trinajstić information content (AvgIpc) is 3.10. The number of nitrogens with one attached hydrogen (secondary N) is 1. The maximum absolute atomic E-state index is 13.2. The molecule has 4 aliphatic carbocycles. The summed E-state index contributed by atoms with van der Waals surface area (Å²) < 4.78 is 0. The highest BCUT2D eigenvalue weighted by atomic mass is 16.3. The molecule has 3 saturated carbocycles. The molecule has 5 rings (SSSR count). The predicted octanol–water partition coefficient (Wildman–Crippen LogP) is 5.91. The number of aliphatic hydroxyl groups is 2. The lowest BCUT2D eigenvalue weighted by Crippen LogP contribution is -2.57. The quantitative estimate of drug-likeness (QED) is 0.493. The van der Waals surface area contributed by atoms with Gasteiger partial charge in [-0.15, -0.1) is 0 Å². The first-order valence-electron chi connectivity index (χ1n) is 13.6. The van der Waals surface area contributed by atoms with E-state index in [1.807, 2.05) is 35.2 Å². The first-order chi connectivity index (χ1) is 16.7. The van der Waals surface area contributed by atoms with Crippen molar-refractivity contribution in [3.63, 3.8) is 0 Å². The smallest absolute Gasteiger partial charge is 0.321 e. The normalized spacial score (nSPS) is 37.9. The van der Waals surface area contributed by atoms with Crippen molar-refractivity contribution >= 4 is 11.7 Å². The predicted molar refractivity (Wildman–Crippen MR) is 140 cm³/mol. The standard InChI is InChI=1S/C30H42N2O3/c1-4-18-32(27(34)31-22-8-6-5-7-9-22)20-30(35)17-14-26-24-11-10-21-19-23(33)12-15-28(21,2)25(24)13-16-29(26,30)3/h5-11,23,25-26,33,35H,4,12-20H2,1-3H3,(H,31,34)/t23-,25-,26-,28-,29-,30+/m0/s1. The molecular weight excluding hydrogens is 436 g/mol. The summed E-state index contributed by atoms with van der Waals surface area (Å²) in [5.74, 6) is 0.844. The van der Waals surface area contributed by atoms with Crippen molar-refractivity contribution in [2.75, 3.05) is 18.4 Å². The monoisotopic (exact) mass is 478 g/mol. The fourth-order valence-corrected chi connectivity index (χ4v) is 7.92. The van der Waals surface area contributed by atoms with Crippen molar-refractivity contribution in [1.29, 1.82) is 0 Å². The molecule has 0 spiro atoms. The first kappa shape index (κ1) is 24.6. The lowest BCUT2D eigenvalue weighted by atomic mass is 9.50. The van der Waals surface area contributed by atoms with Gasteiger partial charge in [-0.05, 0) is 80.8 Å². The van der Waals surface area contributed by atoms with Gasteiger partial charge < -0.3 is 20.4 Å². The van der Waals surface area contributed by atoms with E-state index in [0.717, 1.165) is 57.1 Å². The topological polar surface area (TPSA) is 72.8 Å². The molecule has 5 nitrogen and oxygen atoms in total. The van der Waals surface area contributed by atoms with Crippen LogP contribution in [0.2, 0.25) is 0 Å². The number of anilines is 1. The largest absolute Gasteiger partial charge is 0.393 e. The summed E-state index contributed by atoms with van der Waals surface area (Å²) in [7, 11) is 0. The number of rotatable bonds is 5. The van der Waals surface area contributed by atoms with Crippen LogP contribution in [0.25, 0.3) is 0 Å². The Bertz CT molecular complexity index is 1020. The highest BCUT2D eigenvalue weighted by molar-refractivity contribution is 5.89. The zero-order valence-corrected chi connectivity index (χ0v) is 21.6. The van der Waals surface area contributed by atoms with Crippen LogP contribution in [0.5, 0.6) is 0 Å². The number of allylic oxidation sites excluding steroid dienone is 3. The third-order valence-electron chi connectivity index (χ3n) is 10.1. The molecule has 0 heterocycles. The fraction of sp³-hybridized carbons (Fsp3) is 0.633. The van der Waals surface area contributed by atoms with Crippen molar-refractivity contribution in [3.05, 3.63) is 53.6 Å². The maximum Gasteiger partial charge on any atom is 0.321 e. The van der Waals surface area contributed by atoms with Crippen LogP contribution in [0, 0.1) is 22.7 Å². The molecule has 4 aliphatic rings. The molecule has 190 valence electrons. The van der Waals surface area contributed by atoms with E-state index in [9.17, 15) is 15.0 Å².